The van der Waals surface area contributed by atoms with Crippen LogP contribution in [0.5, 0.6) is 0 Å². The second-order valence-electron chi connectivity index (χ2n) is 5.36. The van der Waals surface area contributed by atoms with Gasteiger partial charge in [-0.1, -0.05) is 0 Å². The number of hydrazine groups is 2. The Morgan fingerprint density at radius 2 is 2.21 bits per heavy atom. The molecule has 3 N–H and O–H groups in total. The summed E-state index contributed by atoms with van der Waals surface area (Å²) in [5, 5.41) is 6.19. The highest BCUT2D eigenvalue weighted by Crippen LogP contribution is 2.45. The fraction of sp³-hybridized carbons (Fsp3) is 1.00. The van der Waals surface area contributed by atoms with Gasteiger partial charge in [0.15, 0.2) is 0 Å². The van der Waals surface area contributed by atoms with Gasteiger partial charge in [0.05, 0.1) is 6.04 Å². The van der Waals surface area contributed by atoms with Crippen LogP contribution < -0.4 is 16.3 Å². The van der Waals surface area contributed by atoms with Gasteiger partial charge in [-0.3, -0.25) is 5.32 Å². The van der Waals surface area contributed by atoms with Crippen LogP contribution in [0, 0.1) is 11.8 Å². The van der Waals surface area contributed by atoms with E-state index in [0.29, 0.717) is 6.04 Å². The molecule has 4 aliphatic heterocycles. The molecule has 4 nitrogen and oxygen atoms in total. The second-order valence-corrected chi connectivity index (χ2v) is 5.36. The summed E-state index contributed by atoms with van der Waals surface area (Å²) in [6, 6.07) is 0.697. The van der Waals surface area contributed by atoms with Crippen molar-refractivity contribution in [3.63, 3.8) is 0 Å². The van der Waals surface area contributed by atoms with Crippen molar-refractivity contribution >= 4 is 0 Å². The van der Waals surface area contributed by atoms with E-state index < -0.39 is 0 Å². The van der Waals surface area contributed by atoms with Crippen molar-refractivity contribution in [1.29, 1.82) is 0 Å². The molecule has 1 spiro atoms. The monoisotopic (exact) mass is 194 g/mol. The summed E-state index contributed by atoms with van der Waals surface area (Å²) in [5.41, 5.74) is 7.10. The van der Waals surface area contributed by atoms with Gasteiger partial charge < -0.3 is 0 Å². The minimum atomic E-state index is 0.214. The Balaban J connectivity index is 1.83. The number of hydrogen-bond acceptors (Lipinski definition) is 4. The van der Waals surface area contributed by atoms with Gasteiger partial charge >= 0.3 is 0 Å². The number of nitrogens with zero attached hydrogens (tertiary/aromatic N) is 1. The fourth-order valence-corrected chi connectivity index (χ4v) is 4.04. The summed E-state index contributed by atoms with van der Waals surface area (Å²) in [6.45, 7) is 2.44. The molecule has 1 saturated carbocycles. The molecule has 78 valence electrons. The molecule has 5 bridgehead atoms. The molecule has 0 amide bonds. The maximum absolute atomic E-state index is 3.77. The van der Waals surface area contributed by atoms with Crippen LogP contribution in [-0.2, 0) is 0 Å². The lowest BCUT2D eigenvalue weighted by atomic mass is 9.78. The molecule has 5 atom stereocenters. The molecule has 5 fully saturated rings. The quantitative estimate of drug-likeness (QED) is 0.499. The van der Waals surface area contributed by atoms with Gasteiger partial charge in [0, 0.05) is 6.54 Å². The topological polar surface area (TPSA) is 39.3 Å². The average molecular weight is 194 g/mol. The number of piperidine rings is 2. The first-order valence-corrected chi connectivity index (χ1v) is 5.93. The lowest BCUT2D eigenvalue weighted by Crippen LogP contribution is -2.69. The third-order valence-electron chi connectivity index (χ3n) is 4.83. The zero-order valence-electron chi connectivity index (χ0n) is 8.42. The summed E-state index contributed by atoms with van der Waals surface area (Å²) in [5.74, 6) is 1.76. The molecule has 4 heteroatoms. The number of rotatable bonds is 0. The van der Waals surface area contributed by atoms with E-state index in [1.54, 1.807) is 0 Å². The Labute approximate surface area is 84.4 Å². The van der Waals surface area contributed by atoms with Crippen molar-refractivity contribution in [3.05, 3.63) is 0 Å². The van der Waals surface area contributed by atoms with Gasteiger partial charge in [-0.25, -0.2) is 10.4 Å². The minimum absolute atomic E-state index is 0.214. The Kier molecular flexibility index (Phi) is 1.44. The number of hydrogen-bond donors (Lipinski definition) is 3. The average Bonchev–Trinajstić information content (AvgIpc) is 2.33. The van der Waals surface area contributed by atoms with E-state index in [4.69, 9.17) is 0 Å². The van der Waals surface area contributed by atoms with Crippen LogP contribution in [0.2, 0.25) is 0 Å². The Morgan fingerprint density at radius 3 is 3.21 bits per heavy atom. The summed E-state index contributed by atoms with van der Waals surface area (Å²) in [6.07, 6.45) is 5.57. The molecule has 0 aromatic heterocycles. The summed E-state index contributed by atoms with van der Waals surface area (Å²) in [7, 11) is 0. The van der Waals surface area contributed by atoms with Gasteiger partial charge in [0.1, 0.15) is 5.66 Å². The van der Waals surface area contributed by atoms with Crippen molar-refractivity contribution in [3.8, 4) is 0 Å². The van der Waals surface area contributed by atoms with E-state index in [0.717, 1.165) is 11.8 Å². The highest BCUT2D eigenvalue weighted by atomic mass is 15.8. The molecule has 4 heterocycles. The Bertz CT molecular complexity index is 265. The molecule has 0 radical (unpaired) electrons. The summed E-state index contributed by atoms with van der Waals surface area (Å²) in [4.78, 5) is 0. The minimum Gasteiger partial charge on any atom is -0.296 e. The normalized spacial score (nSPS) is 60.0. The van der Waals surface area contributed by atoms with Crippen LogP contribution in [0.3, 0.4) is 0 Å². The van der Waals surface area contributed by atoms with Crippen LogP contribution in [0.4, 0.5) is 0 Å². The third-order valence-corrected chi connectivity index (χ3v) is 4.83. The van der Waals surface area contributed by atoms with E-state index >= 15 is 0 Å². The molecule has 4 saturated heterocycles. The van der Waals surface area contributed by atoms with Crippen LogP contribution in [0.1, 0.15) is 25.7 Å². The summed E-state index contributed by atoms with van der Waals surface area (Å²) >= 11 is 0. The first-order valence-electron chi connectivity index (χ1n) is 5.93. The molecule has 5 rings (SSSR count). The maximum Gasteiger partial charge on any atom is 0.103 e. The maximum atomic E-state index is 3.77. The standard InChI is InChI=1S/C10H18N4/c1-2-8-3-4-14-9-5-7(1)6-11-10(8,9)12-13-14/h7-9,11-13H,1-6H2. The van der Waals surface area contributed by atoms with Gasteiger partial charge in [0.25, 0.3) is 0 Å². The molecule has 0 aromatic rings. The molecule has 5 aliphatic rings. The van der Waals surface area contributed by atoms with E-state index in [9.17, 15) is 0 Å². The van der Waals surface area contributed by atoms with Crippen molar-refractivity contribution in [1.82, 2.24) is 21.3 Å². The Hall–Kier alpha value is -0.160. The predicted octanol–water partition coefficient (Wildman–Crippen LogP) is -0.201. The highest BCUT2D eigenvalue weighted by Gasteiger charge is 2.59. The van der Waals surface area contributed by atoms with E-state index in [2.05, 4.69) is 21.3 Å². The van der Waals surface area contributed by atoms with Crippen molar-refractivity contribution in [2.45, 2.75) is 37.4 Å². The SMILES string of the molecule is C1CC2CCN3NNC24NCC1CC34. The highest BCUT2D eigenvalue weighted by molar-refractivity contribution is 5.12. The lowest BCUT2D eigenvalue weighted by molar-refractivity contribution is 0.0345. The van der Waals surface area contributed by atoms with E-state index in [-0.39, 0.29) is 5.66 Å². The zero-order valence-corrected chi connectivity index (χ0v) is 8.42. The first kappa shape index (κ1) is 8.05. The molecule has 5 unspecified atom stereocenters. The van der Waals surface area contributed by atoms with Crippen LogP contribution in [0.15, 0.2) is 0 Å². The fourth-order valence-electron chi connectivity index (χ4n) is 4.04. The predicted molar refractivity (Wildman–Crippen MR) is 52.9 cm³/mol. The molecular weight excluding hydrogens is 176 g/mol. The first-order chi connectivity index (χ1) is 6.88. The van der Waals surface area contributed by atoms with Crippen LogP contribution in [-0.4, -0.2) is 29.8 Å². The zero-order chi connectivity index (χ0) is 9.17. The third kappa shape index (κ3) is 0.795. The molecule has 1 aliphatic carbocycles. The van der Waals surface area contributed by atoms with Crippen molar-refractivity contribution < 1.29 is 0 Å². The molecule has 14 heavy (non-hydrogen) atoms. The second kappa shape index (κ2) is 2.50. The van der Waals surface area contributed by atoms with Gasteiger partial charge in [-0.05, 0) is 44.1 Å². The largest absolute Gasteiger partial charge is 0.296 e. The lowest BCUT2D eigenvalue weighted by Gasteiger charge is -2.48. The van der Waals surface area contributed by atoms with Gasteiger partial charge in [0.2, 0.25) is 0 Å². The smallest absolute Gasteiger partial charge is 0.103 e. The van der Waals surface area contributed by atoms with Crippen LogP contribution in [0.25, 0.3) is 0 Å². The summed E-state index contributed by atoms with van der Waals surface area (Å²) < 4.78 is 0. The molecular formula is C10H18N4. The van der Waals surface area contributed by atoms with Gasteiger partial charge in [-0.15, -0.1) is 0 Å². The van der Waals surface area contributed by atoms with E-state index in [1.165, 1.54) is 38.8 Å². The van der Waals surface area contributed by atoms with Crippen LogP contribution >= 0.6 is 0 Å². The van der Waals surface area contributed by atoms with Crippen molar-refractivity contribution in [2.24, 2.45) is 11.8 Å². The number of nitrogens with one attached hydrogen (secondary N) is 3. The van der Waals surface area contributed by atoms with Gasteiger partial charge in [-0.2, -0.15) is 5.53 Å². The van der Waals surface area contributed by atoms with Crippen molar-refractivity contribution in [2.75, 3.05) is 13.1 Å². The molecule has 0 aromatic carbocycles. The number of fused-ring (bicyclic) bond motifs is 2. The Morgan fingerprint density at radius 1 is 1.21 bits per heavy atom. The van der Waals surface area contributed by atoms with E-state index in [1.807, 2.05) is 0 Å².